The lowest BCUT2D eigenvalue weighted by atomic mass is 9.94. The molecule has 1 saturated heterocycles. The van der Waals surface area contributed by atoms with Gasteiger partial charge in [0.25, 0.3) is 0 Å². The maximum Gasteiger partial charge on any atom is 0.230 e. The molecular formula is C18H20ClN3O2. The Bertz CT molecular complexity index is 706. The van der Waals surface area contributed by atoms with Crippen LogP contribution in [0.15, 0.2) is 48.5 Å². The molecule has 0 bridgehead atoms. The van der Waals surface area contributed by atoms with Gasteiger partial charge in [-0.25, -0.2) is 5.43 Å². The third-order valence-corrected chi connectivity index (χ3v) is 4.31. The predicted octanol–water partition coefficient (Wildman–Crippen LogP) is 2.89. The number of carbonyl (C=O) groups is 1. The Morgan fingerprint density at radius 3 is 2.83 bits per heavy atom. The van der Waals surface area contributed by atoms with Crippen LogP contribution in [0.3, 0.4) is 0 Å². The van der Waals surface area contributed by atoms with E-state index < -0.39 is 0 Å². The summed E-state index contributed by atoms with van der Waals surface area (Å²) in [7, 11) is 1.65. The Hall–Kier alpha value is -1.92. The standard InChI is InChI=1S/C18H20ClN3O2/c1-24-11-12-3-2-4-15(9-12)21-18(23)16-10-20-22-17(16)13-5-7-14(19)8-6-13/h2-9,16-17,20,22H,10-11H2,1H3,(H,21,23). The van der Waals surface area contributed by atoms with E-state index in [-0.39, 0.29) is 17.9 Å². The summed E-state index contributed by atoms with van der Waals surface area (Å²) in [5, 5.41) is 3.67. The molecule has 1 heterocycles. The number of nitrogens with one attached hydrogen (secondary N) is 3. The van der Waals surface area contributed by atoms with Crippen molar-refractivity contribution in [3.8, 4) is 0 Å². The van der Waals surface area contributed by atoms with Crippen LogP contribution in [0.1, 0.15) is 17.2 Å². The van der Waals surface area contributed by atoms with E-state index in [2.05, 4.69) is 16.2 Å². The molecule has 1 fully saturated rings. The van der Waals surface area contributed by atoms with Crippen molar-refractivity contribution in [2.75, 3.05) is 19.0 Å². The van der Waals surface area contributed by atoms with E-state index in [0.29, 0.717) is 18.2 Å². The van der Waals surface area contributed by atoms with Gasteiger partial charge in [0.2, 0.25) is 5.91 Å². The fourth-order valence-corrected chi connectivity index (χ4v) is 2.99. The number of hydrogen-bond acceptors (Lipinski definition) is 4. The number of anilines is 1. The minimum Gasteiger partial charge on any atom is -0.380 e. The number of halogens is 1. The SMILES string of the molecule is COCc1cccc(NC(=O)C2CNNC2c2ccc(Cl)cc2)c1. The van der Waals surface area contributed by atoms with Crippen LogP contribution in [-0.2, 0) is 16.1 Å². The molecule has 1 aliphatic heterocycles. The topological polar surface area (TPSA) is 62.4 Å². The maximum atomic E-state index is 12.7. The molecule has 0 saturated carbocycles. The molecule has 0 radical (unpaired) electrons. The van der Waals surface area contributed by atoms with Gasteiger partial charge in [0.1, 0.15) is 0 Å². The lowest BCUT2D eigenvalue weighted by Gasteiger charge is -2.18. The van der Waals surface area contributed by atoms with Crippen molar-refractivity contribution >= 4 is 23.2 Å². The second-order valence-corrected chi connectivity index (χ2v) is 6.22. The molecule has 0 aliphatic carbocycles. The minimum absolute atomic E-state index is 0.0259. The van der Waals surface area contributed by atoms with Crippen LogP contribution in [0.5, 0.6) is 0 Å². The summed E-state index contributed by atoms with van der Waals surface area (Å²) in [6, 6.07) is 15.1. The normalized spacial score (nSPS) is 20.1. The average molecular weight is 346 g/mol. The molecule has 2 aromatic carbocycles. The maximum absolute atomic E-state index is 12.7. The molecule has 2 atom stereocenters. The van der Waals surface area contributed by atoms with E-state index in [1.54, 1.807) is 7.11 Å². The molecule has 5 nitrogen and oxygen atoms in total. The molecule has 0 aromatic heterocycles. The number of hydrogen-bond donors (Lipinski definition) is 3. The number of methoxy groups -OCH3 is 1. The summed E-state index contributed by atoms with van der Waals surface area (Å²) < 4.78 is 5.13. The molecule has 0 spiro atoms. The lowest BCUT2D eigenvalue weighted by Crippen LogP contribution is -2.29. The summed E-state index contributed by atoms with van der Waals surface area (Å²) in [6.07, 6.45) is 0. The molecule has 24 heavy (non-hydrogen) atoms. The molecule has 126 valence electrons. The average Bonchev–Trinajstić information content (AvgIpc) is 3.06. The van der Waals surface area contributed by atoms with Crippen LogP contribution in [-0.4, -0.2) is 19.6 Å². The summed E-state index contributed by atoms with van der Waals surface area (Å²) in [4.78, 5) is 12.7. The Kier molecular flexibility index (Phi) is 5.48. The molecule has 3 N–H and O–H groups in total. The quantitative estimate of drug-likeness (QED) is 0.779. The first-order chi connectivity index (χ1) is 11.7. The van der Waals surface area contributed by atoms with Crippen molar-refractivity contribution in [1.82, 2.24) is 10.9 Å². The second kappa shape index (κ2) is 7.77. The van der Waals surface area contributed by atoms with E-state index >= 15 is 0 Å². The number of ether oxygens (including phenoxy) is 1. The summed E-state index contributed by atoms with van der Waals surface area (Å²) in [5.41, 5.74) is 9.06. The van der Waals surface area contributed by atoms with Gasteiger partial charge >= 0.3 is 0 Å². The summed E-state index contributed by atoms with van der Waals surface area (Å²) >= 11 is 5.94. The smallest absolute Gasteiger partial charge is 0.230 e. The molecular weight excluding hydrogens is 326 g/mol. The fraction of sp³-hybridized carbons (Fsp3) is 0.278. The summed E-state index contributed by atoms with van der Waals surface area (Å²) in [5.74, 6) is -0.237. The van der Waals surface area contributed by atoms with Gasteiger partial charge in [-0.05, 0) is 35.4 Å². The second-order valence-electron chi connectivity index (χ2n) is 5.78. The van der Waals surface area contributed by atoms with E-state index in [1.807, 2.05) is 48.5 Å². The largest absolute Gasteiger partial charge is 0.380 e. The molecule has 3 rings (SSSR count). The minimum atomic E-state index is -0.211. The Labute approximate surface area is 146 Å². The molecule has 2 aromatic rings. The van der Waals surface area contributed by atoms with Gasteiger partial charge in [0.15, 0.2) is 0 Å². The van der Waals surface area contributed by atoms with Crippen LogP contribution >= 0.6 is 11.6 Å². The van der Waals surface area contributed by atoms with Crippen molar-refractivity contribution < 1.29 is 9.53 Å². The molecule has 2 unspecified atom stereocenters. The highest BCUT2D eigenvalue weighted by Gasteiger charge is 2.33. The van der Waals surface area contributed by atoms with E-state index in [9.17, 15) is 4.79 Å². The van der Waals surface area contributed by atoms with Crippen molar-refractivity contribution in [1.29, 1.82) is 0 Å². The highest BCUT2D eigenvalue weighted by Crippen LogP contribution is 2.27. The number of rotatable bonds is 5. The first kappa shape index (κ1) is 16.9. The zero-order valence-corrected chi connectivity index (χ0v) is 14.1. The lowest BCUT2D eigenvalue weighted by molar-refractivity contribution is -0.119. The fourth-order valence-electron chi connectivity index (χ4n) is 2.87. The van der Waals surface area contributed by atoms with Gasteiger partial charge in [0.05, 0.1) is 18.6 Å². The predicted molar refractivity (Wildman–Crippen MR) is 94.6 cm³/mol. The van der Waals surface area contributed by atoms with Crippen molar-refractivity contribution in [3.63, 3.8) is 0 Å². The Balaban J connectivity index is 1.71. The van der Waals surface area contributed by atoms with Crippen molar-refractivity contribution in [2.24, 2.45) is 5.92 Å². The number of amides is 1. The Morgan fingerprint density at radius 1 is 1.29 bits per heavy atom. The van der Waals surface area contributed by atoms with Crippen LogP contribution in [0, 0.1) is 5.92 Å². The van der Waals surface area contributed by atoms with Crippen LogP contribution < -0.4 is 16.2 Å². The molecule has 6 heteroatoms. The van der Waals surface area contributed by atoms with Gasteiger partial charge in [-0.2, -0.15) is 0 Å². The zero-order valence-electron chi connectivity index (χ0n) is 13.4. The van der Waals surface area contributed by atoms with Crippen molar-refractivity contribution in [3.05, 3.63) is 64.7 Å². The van der Waals surface area contributed by atoms with E-state index in [0.717, 1.165) is 16.8 Å². The van der Waals surface area contributed by atoms with Gasteiger partial charge < -0.3 is 10.1 Å². The number of hydrazine groups is 1. The number of benzene rings is 2. The molecule has 1 amide bonds. The van der Waals surface area contributed by atoms with Crippen LogP contribution in [0.4, 0.5) is 5.69 Å². The monoisotopic (exact) mass is 345 g/mol. The van der Waals surface area contributed by atoms with Crippen molar-refractivity contribution in [2.45, 2.75) is 12.6 Å². The Morgan fingerprint density at radius 2 is 2.08 bits per heavy atom. The van der Waals surface area contributed by atoms with Crippen LogP contribution in [0.25, 0.3) is 0 Å². The third kappa shape index (κ3) is 3.94. The van der Waals surface area contributed by atoms with Crippen LogP contribution in [0.2, 0.25) is 5.02 Å². The number of carbonyl (C=O) groups excluding carboxylic acids is 1. The van der Waals surface area contributed by atoms with Gasteiger partial charge in [-0.3, -0.25) is 10.2 Å². The highest BCUT2D eigenvalue weighted by molar-refractivity contribution is 6.30. The molecule has 1 aliphatic rings. The van der Waals surface area contributed by atoms with E-state index in [4.69, 9.17) is 16.3 Å². The highest BCUT2D eigenvalue weighted by atomic mass is 35.5. The third-order valence-electron chi connectivity index (χ3n) is 4.05. The van der Waals surface area contributed by atoms with E-state index in [1.165, 1.54) is 0 Å². The first-order valence-corrected chi connectivity index (χ1v) is 8.18. The van der Waals surface area contributed by atoms with Gasteiger partial charge in [0, 0.05) is 24.4 Å². The zero-order chi connectivity index (χ0) is 16.9. The van der Waals surface area contributed by atoms with Gasteiger partial charge in [-0.1, -0.05) is 35.9 Å². The summed E-state index contributed by atoms with van der Waals surface area (Å²) in [6.45, 7) is 1.08. The first-order valence-electron chi connectivity index (χ1n) is 7.80. The van der Waals surface area contributed by atoms with Gasteiger partial charge in [-0.15, -0.1) is 0 Å².